The van der Waals surface area contributed by atoms with Crippen LogP contribution in [0.4, 0.5) is 0 Å². The minimum Gasteiger partial charge on any atom is -0.497 e. The number of imidazole rings is 4. The number of nitrogens with zero attached hydrogens (tertiary/aromatic N) is 18. The first-order chi connectivity index (χ1) is 53.5. The van der Waals surface area contributed by atoms with E-state index >= 15 is 0 Å². The largest absolute Gasteiger partial charge is 2.00 e. The first kappa shape index (κ1) is 77.9. The zero-order chi connectivity index (χ0) is 72.2. The Morgan fingerprint density at radius 3 is 0.964 bits per heavy atom. The van der Waals surface area contributed by atoms with Crippen LogP contribution in [0.15, 0.2) is 289 Å². The molecule has 0 radical (unpaired) electrons. The zero-order valence-electron chi connectivity index (χ0n) is 57.1. The Labute approximate surface area is 703 Å². The van der Waals surface area contributed by atoms with Crippen LogP contribution in [0.25, 0.3) is 111 Å². The van der Waals surface area contributed by atoms with Crippen molar-refractivity contribution in [2.45, 2.75) is 0 Å². The summed E-state index contributed by atoms with van der Waals surface area (Å²) in [6, 6.07) is 94.8. The summed E-state index contributed by atoms with van der Waals surface area (Å²) in [5.74, 6) is 5.22. The van der Waals surface area contributed by atoms with E-state index in [2.05, 4.69) is 119 Å². The molecule has 0 bridgehead atoms. The van der Waals surface area contributed by atoms with E-state index in [4.69, 9.17) is 27.9 Å². The van der Waals surface area contributed by atoms with E-state index in [9.17, 15) is 0 Å². The molecule has 0 saturated heterocycles. The Kier molecular flexibility index (Phi) is 25.7. The van der Waals surface area contributed by atoms with Crippen molar-refractivity contribution in [3.8, 4) is 135 Å². The van der Waals surface area contributed by atoms with Crippen LogP contribution in [-0.4, -0.2) is 88.3 Å². The summed E-state index contributed by atoms with van der Waals surface area (Å²) in [5.41, 5.74) is 15.5. The van der Waals surface area contributed by atoms with Gasteiger partial charge in [-0.1, -0.05) is 88.4 Å². The van der Waals surface area contributed by atoms with Crippen LogP contribution in [0.1, 0.15) is 0 Å². The Morgan fingerprint density at radius 2 is 0.643 bits per heavy atom. The van der Waals surface area contributed by atoms with Crippen molar-refractivity contribution >= 4 is 44.9 Å². The van der Waals surface area contributed by atoms with Gasteiger partial charge in [-0.15, -0.1) is 189 Å². The van der Waals surface area contributed by atoms with Crippen molar-refractivity contribution in [3.05, 3.63) is 329 Å². The standard InChI is InChI=1S/C21H12N4O2.C21H12N4OS.C20H11N5O2.C20H11N5OS.4Pt/c1-2-10-25-13-22-20(19(25)9-1)15-5-3-7-17(11-15)27-18-8-4-6-16(12-18)21-24-23-14-26-21;1-2-10-25-13-22-20(19(25)9-1)15-5-3-7-17(11-15)26-18-8-4-6-16(12-18)21-24-23-14-27-21;2*1-2-10-25-13-21-19(18(25)9-1)14-5-3-7-16(11-14)26-17-8-4-6-15(12-17)20-22-23-24-27-20;;;;/h2*1-10,13-14H;2*1-10,13H;;;;/q4*-2;4*+2. The molecule has 112 heavy (non-hydrogen) atoms. The number of rotatable bonds is 16. The van der Waals surface area contributed by atoms with Gasteiger partial charge in [-0.05, 0) is 70.5 Å². The molecule has 8 aromatic carbocycles. The van der Waals surface area contributed by atoms with Crippen LogP contribution in [0.2, 0.25) is 0 Å². The molecule has 20 aromatic rings. The van der Waals surface area contributed by atoms with E-state index in [1.54, 1.807) is 43.0 Å². The fourth-order valence-electron chi connectivity index (χ4n) is 11.2. The molecule has 0 saturated carbocycles. The van der Waals surface area contributed by atoms with Gasteiger partial charge in [0.2, 0.25) is 0 Å². The summed E-state index contributed by atoms with van der Waals surface area (Å²) in [6.45, 7) is 0. The molecule has 30 heteroatoms. The van der Waals surface area contributed by atoms with Gasteiger partial charge < -0.3 is 45.5 Å². The second-order valence-electron chi connectivity index (χ2n) is 23.0. The van der Waals surface area contributed by atoms with E-state index in [-0.39, 0.29) is 90.2 Å². The van der Waals surface area contributed by atoms with Crippen molar-refractivity contribution < 1.29 is 112 Å². The van der Waals surface area contributed by atoms with Crippen LogP contribution in [-0.2, 0) is 84.3 Å². The number of hydrogen-bond acceptors (Lipinski definition) is 22. The Bertz CT molecular complexity index is 5660. The summed E-state index contributed by atoms with van der Waals surface area (Å²) < 4.78 is 45.6. The molecule has 0 spiro atoms. The quantitative estimate of drug-likeness (QED) is 0.0814. The molecule has 0 aliphatic heterocycles. The van der Waals surface area contributed by atoms with Crippen molar-refractivity contribution in [3.63, 3.8) is 0 Å². The van der Waals surface area contributed by atoms with E-state index < -0.39 is 0 Å². The predicted octanol–water partition coefficient (Wildman–Crippen LogP) is 17.5. The van der Waals surface area contributed by atoms with Crippen molar-refractivity contribution in [2.24, 2.45) is 0 Å². The normalized spacial score (nSPS) is 10.6. The van der Waals surface area contributed by atoms with Gasteiger partial charge >= 0.3 is 84.3 Å². The zero-order valence-corrected chi connectivity index (χ0v) is 67.9. The molecule has 0 N–H and O–H groups in total. The van der Waals surface area contributed by atoms with Crippen molar-refractivity contribution in [1.29, 1.82) is 0 Å². The summed E-state index contributed by atoms with van der Waals surface area (Å²) in [7, 11) is 0. The molecule has 20 rings (SSSR count). The molecule has 0 fully saturated rings. The van der Waals surface area contributed by atoms with Crippen LogP contribution < -0.4 is 18.9 Å². The Hall–Kier alpha value is -12.3. The molecule has 0 aliphatic rings. The monoisotopic (exact) mass is 2220 g/mol. The van der Waals surface area contributed by atoms with E-state index in [0.29, 0.717) is 68.0 Å². The Balaban J connectivity index is 0.000000129. The second kappa shape index (κ2) is 37.0. The van der Waals surface area contributed by atoms with Crippen LogP contribution in [0.3, 0.4) is 0 Å². The molecule has 0 amide bonds. The fourth-order valence-corrected chi connectivity index (χ4v) is 12.2. The van der Waals surface area contributed by atoms with E-state index in [0.717, 1.165) is 83.2 Å². The van der Waals surface area contributed by atoms with Crippen LogP contribution in [0.5, 0.6) is 46.0 Å². The molecule has 0 aliphatic carbocycles. The third kappa shape index (κ3) is 18.3. The van der Waals surface area contributed by atoms with E-state index in [1.807, 2.05) is 249 Å². The third-order valence-electron chi connectivity index (χ3n) is 16.1. The minimum absolute atomic E-state index is 0. The summed E-state index contributed by atoms with van der Waals surface area (Å²) in [4.78, 5) is 18.0. The van der Waals surface area contributed by atoms with Gasteiger partial charge in [0.05, 0.1) is 40.8 Å². The van der Waals surface area contributed by atoms with Gasteiger partial charge in [0.15, 0.2) is 18.2 Å². The second-order valence-corrected chi connectivity index (χ2v) is 24.6. The molecule has 12 aromatic heterocycles. The number of benzene rings is 8. The third-order valence-corrected chi connectivity index (χ3v) is 17.4. The average Bonchev–Trinajstić information content (AvgIpc) is 1.72. The van der Waals surface area contributed by atoms with Gasteiger partial charge in [0, 0.05) is 121 Å². The summed E-state index contributed by atoms with van der Waals surface area (Å²) in [6.07, 6.45) is 16.3. The number of pyridine rings is 4. The maximum Gasteiger partial charge on any atom is 2.00 e. The fraction of sp³-hybridized carbons (Fsp3) is 0. The van der Waals surface area contributed by atoms with Crippen LogP contribution in [0, 0.1) is 48.5 Å². The molecule has 0 atom stereocenters. The number of aromatic nitrogens is 18. The van der Waals surface area contributed by atoms with Crippen molar-refractivity contribution in [2.75, 3.05) is 0 Å². The van der Waals surface area contributed by atoms with Crippen LogP contribution >= 0.6 is 22.9 Å². The number of fused-ring (bicyclic) bond motifs is 4. The molecule has 12 heterocycles. The molecule has 552 valence electrons. The smallest absolute Gasteiger partial charge is 0.497 e. The van der Waals surface area contributed by atoms with Crippen molar-refractivity contribution in [1.82, 2.24) is 88.3 Å². The maximum absolute atomic E-state index is 5.98. The maximum atomic E-state index is 5.98. The van der Waals surface area contributed by atoms with E-state index in [1.165, 1.54) is 29.3 Å². The molecule has 24 nitrogen and oxygen atoms in total. The van der Waals surface area contributed by atoms with Gasteiger partial charge in [-0.3, -0.25) is 19.9 Å². The first-order valence-corrected chi connectivity index (χ1v) is 34.5. The van der Waals surface area contributed by atoms with Gasteiger partial charge in [0.25, 0.3) is 0 Å². The number of hydrogen-bond donors (Lipinski definition) is 0. The van der Waals surface area contributed by atoms with Gasteiger partial charge in [0.1, 0.15) is 0 Å². The Morgan fingerprint density at radius 1 is 0.304 bits per heavy atom. The summed E-state index contributed by atoms with van der Waals surface area (Å²) in [5, 5.41) is 35.2. The molecule has 0 unspecified atom stereocenters. The van der Waals surface area contributed by atoms with Gasteiger partial charge in [-0.2, -0.15) is 31.7 Å². The topological polar surface area (TPSA) is 261 Å². The SMILES string of the molecule is [Pt+2].[Pt+2].[Pt+2].[Pt+2].[c-]1c(Oc2[c-]c(-c3ncn4ccccc34)ccc2)cccc1-c1nnco1.[c-]1c(Oc2[c-]c(-c3ncn4ccccc34)ccc2)cccc1-c1nncs1.[c-]1c(Oc2[c-]c(-c3ncn4ccccc34)ccc2)cccc1-c1nnno1.[c-]1c(Oc2[c-]c(-c3ncn4ccccc34)ccc2)cccc1-c1nnns1. The molecular formula is C82H46N18O6Pt4S2. The summed E-state index contributed by atoms with van der Waals surface area (Å²) >= 11 is 2.68. The number of ether oxygens (including phenoxy) is 4. The molecular weight excluding hydrogens is 2180 g/mol. The average molecular weight is 2220 g/mol. The predicted molar refractivity (Wildman–Crippen MR) is 399 cm³/mol. The first-order valence-electron chi connectivity index (χ1n) is 32.9. The van der Waals surface area contributed by atoms with Gasteiger partial charge in [-0.25, -0.2) is 0 Å². The minimum atomic E-state index is 0.